The van der Waals surface area contributed by atoms with Crippen molar-refractivity contribution in [2.75, 3.05) is 31.1 Å². The average Bonchev–Trinajstić information content (AvgIpc) is 3.08. The number of hydrogen-bond donors (Lipinski definition) is 1. The Morgan fingerprint density at radius 2 is 1.89 bits per heavy atom. The number of amides is 2. The van der Waals surface area contributed by atoms with Gasteiger partial charge in [0.05, 0.1) is 5.92 Å². The minimum absolute atomic E-state index is 0.00796. The Kier molecular flexibility index (Phi) is 5.69. The lowest BCUT2D eigenvalue weighted by atomic mass is 9.83. The molecule has 0 radical (unpaired) electrons. The number of halogens is 1. The molecule has 0 aliphatic carbocycles. The van der Waals surface area contributed by atoms with Gasteiger partial charge in [0, 0.05) is 36.3 Å². The topological polar surface area (TPSA) is 52.7 Å². The van der Waals surface area contributed by atoms with Crippen LogP contribution >= 0.6 is 11.6 Å². The van der Waals surface area contributed by atoms with E-state index >= 15 is 0 Å². The van der Waals surface area contributed by atoms with Crippen LogP contribution in [0.3, 0.4) is 0 Å². The molecule has 4 rings (SSSR count). The summed E-state index contributed by atoms with van der Waals surface area (Å²) in [5.74, 6) is 0.313. The molecule has 3 aliphatic heterocycles. The first-order valence-electron chi connectivity index (χ1n) is 10.2. The molecule has 3 saturated heterocycles. The predicted molar refractivity (Wildman–Crippen MR) is 107 cm³/mol. The van der Waals surface area contributed by atoms with Crippen molar-refractivity contribution in [3.63, 3.8) is 0 Å². The third kappa shape index (κ3) is 4.14. The van der Waals surface area contributed by atoms with Crippen LogP contribution in [0.5, 0.6) is 0 Å². The molecule has 0 unspecified atom stereocenters. The Morgan fingerprint density at radius 1 is 1.11 bits per heavy atom. The van der Waals surface area contributed by atoms with Gasteiger partial charge in [-0.25, -0.2) is 0 Å². The number of nitrogens with zero attached hydrogens (tertiary/aromatic N) is 2. The first kappa shape index (κ1) is 18.8. The van der Waals surface area contributed by atoms with Crippen molar-refractivity contribution in [2.24, 2.45) is 11.8 Å². The van der Waals surface area contributed by atoms with Gasteiger partial charge in [-0.15, -0.1) is 0 Å². The second-order valence-electron chi connectivity index (χ2n) is 8.13. The van der Waals surface area contributed by atoms with Gasteiger partial charge in [-0.2, -0.15) is 0 Å². The monoisotopic (exact) mass is 389 g/mol. The summed E-state index contributed by atoms with van der Waals surface area (Å²) < 4.78 is 0. The second kappa shape index (κ2) is 8.19. The van der Waals surface area contributed by atoms with Gasteiger partial charge in [0.15, 0.2) is 0 Å². The molecule has 1 aromatic carbocycles. The highest BCUT2D eigenvalue weighted by molar-refractivity contribution is 6.30. The van der Waals surface area contributed by atoms with E-state index in [9.17, 15) is 9.59 Å². The van der Waals surface area contributed by atoms with Gasteiger partial charge in [-0.05, 0) is 69.0 Å². The van der Waals surface area contributed by atoms with E-state index in [1.165, 1.54) is 45.2 Å². The Bertz CT molecular complexity index is 691. The summed E-state index contributed by atoms with van der Waals surface area (Å²) >= 11 is 5.93. The first-order chi connectivity index (χ1) is 13.1. The number of benzene rings is 1. The molecule has 27 heavy (non-hydrogen) atoms. The summed E-state index contributed by atoms with van der Waals surface area (Å²) in [5.41, 5.74) is 0.810. The highest BCUT2D eigenvalue weighted by Crippen LogP contribution is 2.31. The average molecular weight is 390 g/mol. The SMILES string of the molecule is O=C(NC[C@@H]1CCCN2CCCC[C@@H]12)[C@H]1CC(=O)N(c2ccc(Cl)cc2)C1. The Labute approximate surface area is 166 Å². The zero-order valence-corrected chi connectivity index (χ0v) is 16.5. The van der Waals surface area contributed by atoms with Crippen LogP contribution in [0.2, 0.25) is 5.02 Å². The number of fused-ring (bicyclic) bond motifs is 1. The van der Waals surface area contributed by atoms with Crippen LogP contribution in [0.25, 0.3) is 0 Å². The van der Waals surface area contributed by atoms with E-state index in [0.29, 0.717) is 23.5 Å². The number of carbonyl (C=O) groups is 2. The lowest BCUT2D eigenvalue weighted by molar-refractivity contribution is -0.126. The van der Waals surface area contributed by atoms with Gasteiger partial charge in [-0.3, -0.25) is 9.59 Å². The van der Waals surface area contributed by atoms with Crippen LogP contribution in [0, 0.1) is 11.8 Å². The van der Waals surface area contributed by atoms with Crippen molar-refractivity contribution in [1.29, 1.82) is 0 Å². The molecule has 2 amide bonds. The largest absolute Gasteiger partial charge is 0.355 e. The molecule has 6 heteroatoms. The van der Waals surface area contributed by atoms with Gasteiger partial charge in [0.2, 0.25) is 11.8 Å². The maximum Gasteiger partial charge on any atom is 0.227 e. The highest BCUT2D eigenvalue weighted by atomic mass is 35.5. The lowest BCUT2D eigenvalue weighted by Crippen LogP contribution is -2.51. The smallest absolute Gasteiger partial charge is 0.227 e. The van der Waals surface area contributed by atoms with E-state index in [0.717, 1.165) is 12.2 Å². The number of rotatable bonds is 4. The van der Waals surface area contributed by atoms with E-state index < -0.39 is 0 Å². The minimum atomic E-state index is -0.265. The van der Waals surface area contributed by atoms with Gasteiger partial charge in [0.1, 0.15) is 0 Å². The molecule has 0 bridgehead atoms. The highest BCUT2D eigenvalue weighted by Gasteiger charge is 2.37. The molecule has 0 aromatic heterocycles. The summed E-state index contributed by atoms with van der Waals surface area (Å²) in [6.45, 7) is 3.61. The van der Waals surface area contributed by atoms with Crippen molar-refractivity contribution in [3.8, 4) is 0 Å². The maximum absolute atomic E-state index is 12.7. The standard InChI is InChI=1S/C21H28ClN3O2/c22-17-6-8-18(9-7-17)25-14-16(12-20(25)26)21(27)23-13-15-4-3-11-24-10-2-1-5-19(15)24/h6-9,15-16,19H,1-5,10-14H2,(H,23,27)/t15-,16-,19-/m0/s1. The summed E-state index contributed by atoms with van der Waals surface area (Å²) in [6.07, 6.45) is 6.58. The molecule has 3 heterocycles. The van der Waals surface area contributed by atoms with E-state index in [2.05, 4.69) is 10.2 Å². The maximum atomic E-state index is 12.7. The molecule has 3 fully saturated rings. The third-order valence-corrected chi connectivity index (χ3v) is 6.65. The van der Waals surface area contributed by atoms with Crippen molar-refractivity contribution >= 4 is 29.1 Å². The second-order valence-corrected chi connectivity index (χ2v) is 8.56. The van der Waals surface area contributed by atoms with E-state index in [-0.39, 0.29) is 24.2 Å². The zero-order valence-electron chi connectivity index (χ0n) is 15.7. The van der Waals surface area contributed by atoms with Crippen LogP contribution in [0.4, 0.5) is 5.69 Å². The molecule has 1 aromatic rings. The van der Waals surface area contributed by atoms with Gasteiger partial charge >= 0.3 is 0 Å². The van der Waals surface area contributed by atoms with Crippen LogP contribution in [0.15, 0.2) is 24.3 Å². The number of hydrogen-bond acceptors (Lipinski definition) is 3. The van der Waals surface area contributed by atoms with E-state index in [1.807, 2.05) is 12.1 Å². The van der Waals surface area contributed by atoms with Crippen molar-refractivity contribution in [1.82, 2.24) is 10.2 Å². The molecular formula is C21H28ClN3O2. The number of carbonyl (C=O) groups excluding carboxylic acids is 2. The quantitative estimate of drug-likeness (QED) is 0.861. The van der Waals surface area contributed by atoms with Crippen molar-refractivity contribution < 1.29 is 9.59 Å². The lowest BCUT2D eigenvalue weighted by Gasteiger charge is -2.44. The Morgan fingerprint density at radius 3 is 2.70 bits per heavy atom. The third-order valence-electron chi connectivity index (χ3n) is 6.40. The van der Waals surface area contributed by atoms with Crippen molar-refractivity contribution in [2.45, 2.75) is 44.6 Å². The van der Waals surface area contributed by atoms with Gasteiger partial charge in [0.25, 0.3) is 0 Å². The molecular weight excluding hydrogens is 362 g/mol. The summed E-state index contributed by atoms with van der Waals surface area (Å²) in [5, 5.41) is 3.81. The molecule has 5 nitrogen and oxygen atoms in total. The van der Waals surface area contributed by atoms with Gasteiger partial charge in [-0.1, -0.05) is 18.0 Å². The fourth-order valence-corrected chi connectivity index (χ4v) is 5.07. The first-order valence-corrected chi connectivity index (χ1v) is 10.6. The number of anilines is 1. The Hall–Kier alpha value is -1.59. The van der Waals surface area contributed by atoms with E-state index in [1.54, 1.807) is 17.0 Å². The minimum Gasteiger partial charge on any atom is -0.355 e. The van der Waals surface area contributed by atoms with Crippen LogP contribution in [-0.4, -0.2) is 48.9 Å². The molecule has 3 atom stereocenters. The van der Waals surface area contributed by atoms with Crippen molar-refractivity contribution in [3.05, 3.63) is 29.3 Å². The summed E-state index contributed by atoms with van der Waals surface area (Å²) in [4.78, 5) is 29.4. The molecule has 1 N–H and O–H groups in total. The van der Waals surface area contributed by atoms with Gasteiger partial charge < -0.3 is 15.1 Å². The van der Waals surface area contributed by atoms with E-state index in [4.69, 9.17) is 11.6 Å². The fraction of sp³-hybridized carbons (Fsp3) is 0.619. The summed E-state index contributed by atoms with van der Waals surface area (Å²) in [6, 6.07) is 7.84. The molecule has 0 saturated carbocycles. The predicted octanol–water partition coefficient (Wildman–Crippen LogP) is 3.07. The van der Waals surface area contributed by atoms with Crippen LogP contribution in [-0.2, 0) is 9.59 Å². The zero-order chi connectivity index (χ0) is 18.8. The Balaban J connectivity index is 1.32. The fourth-order valence-electron chi connectivity index (χ4n) is 4.95. The molecule has 3 aliphatic rings. The number of nitrogens with one attached hydrogen (secondary N) is 1. The van der Waals surface area contributed by atoms with Crippen LogP contribution < -0.4 is 10.2 Å². The summed E-state index contributed by atoms with van der Waals surface area (Å²) in [7, 11) is 0. The molecule has 0 spiro atoms. The molecule has 146 valence electrons. The van der Waals surface area contributed by atoms with Crippen LogP contribution in [0.1, 0.15) is 38.5 Å². The normalized spacial score (nSPS) is 28.9. The number of piperidine rings is 2.